The normalized spacial score (nSPS) is 19.4. The molecule has 76 valence electrons. The molecule has 2 atom stereocenters. The fraction of sp³-hybridized carbons (Fsp3) is 0.300. The van der Waals surface area contributed by atoms with Gasteiger partial charge in [0.2, 0.25) is 0 Å². The van der Waals surface area contributed by atoms with Gasteiger partial charge in [-0.25, -0.2) is 0 Å². The zero-order valence-electron chi connectivity index (χ0n) is 12.4. The van der Waals surface area contributed by atoms with Crippen molar-refractivity contribution in [3.63, 3.8) is 0 Å². The number of carbonyl (C=O) groups is 1. The summed E-state index contributed by atoms with van der Waals surface area (Å²) in [5.41, 5.74) is -0.231. The van der Waals surface area contributed by atoms with Crippen molar-refractivity contribution in [3.05, 3.63) is 23.7 Å². The summed E-state index contributed by atoms with van der Waals surface area (Å²) in [7, 11) is 0. The molecule has 0 radical (unpaired) electrons. The van der Waals surface area contributed by atoms with Crippen LogP contribution < -0.4 is 0 Å². The number of carboxylic acid groups (broad SMARTS) is 1. The molecule has 1 rings (SSSR count). The van der Waals surface area contributed by atoms with Crippen LogP contribution in [0, 0.1) is 0 Å². The first kappa shape index (κ1) is 5.24. The van der Waals surface area contributed by atoms with Crippen molar-refractivity contribution in [2.24, 2.45) is 0 Å². The maximum atomic E-state index is 11.1. The third-order valence-corrected chi connectivity index (χ3v) is 1.63. The lowest BCUT2D eigenvalue weighted by molar-refractivity contribution is -0.137. The summed E-state index contributed by atoms with van der Waals surface area (Å²) in [5.74, 6) is -4.00. The van der Waals surface area contributed by atoms with Gasteiger partial charge in [-0.15, -0.1) is 0 Å². The first-order valence-corrected chi connectivity index (χ1v) is 3.84. The Hall–Kier alpha value is -1.71. The van der Waals surface area contributed by atoms with E-state index in [1.54, 1.807) is 0 Å². The van der Waals surface area contributed by atoms with E-state index in [2.05, 4.69) is 5.11 Å². The van der Waals surface area contributed by atoms with Gasteiger partial charge in [-0.2, -0.15) is 0 Å². The van der Waals surface area contributed by atoms with Gasteiger partial charge in [-0.05, 0) is 23.6 Å². The number of phenols is 2. The second kappa shape index (κ2) is 4.00. The summed E-state index contributed by atoms with van der Waals surface area (Å²) >= 11 is 0. The fourth-order valence-corrected chi connectivity index (χ4v) is 0.919. The predicted octanol–water partition coefficient (Wildman–Crippen LogP) is 1.68. The summed E-state index contributed by atoms with van der Waals surface area (Å²) in [6.07, 6.45) is -1.57. The molecule has 0 aliphatic carbocycles. The monoisotopic (exact) mass is 201 g/mol. The van der Waals surface area contributed by atoms with Gasteiger partial charge in [-0.3, -0.25) is 4.79 Å². The molecule has 4 heteroatoms. The van der Waals surface area contributed by atoms with Gasteiger partial charge in [0, 0.05) is 1.37 Å². The van der Waals surface area contributed by atoms with Gasteiger partial charge in [-0.1, -0.05) is 13.0 Å². The molecule has 0 fully saturated rings. The van der Waals surface area contributed by atoms with Crippen LogP contribution in [0.4, 0.5) is 0 Å². The number of carboxylic acids is 1. The van der Waals surface area contributed by atoms with Gasteiger partial charge < -0.3 is 15.3 Å². The Morgan fingerprint density at radius 1 is 1.64 bits per heavy atom. The molecule has 0 aromatic heterocycles. The second-order valence-corrected chi connectivity index (χ2v) is 2.76. The Balaban J connectivity index is 3.39. The molecule has 0 spiro atoms. The summed E-state index contributed by atoms with van der Waals surface area (Å²) in [6.45, 7) is 1.33. The SMILES string of the molecule is [2H]OC(=O)C([2H])C(C)c1c([2H])c([2H])c(O)c(O)c1[2H]. The topological polar surface area (TPSA) is 77.8 Å². The molecule has 0 saturated heterocycles. The third-order valence-electron chi connectivity index (χ3n) is 1.63. The van der Waals surface area contributed by atoms with Crippen LogP contribution in [-0.4, -0.2) is 21.3 Å². The minimum absolute atomic E-state index is 0.231. The summed E-state index contributed by atoms with van der Waals surface area (Å²) in [5, 5.41) is 22.4. The van der Waals surface area contributed by atoms with E-state index >= 15 is 0 Å². The number of hydrogen-bond acceptors (Lipinski definition) is 4. The molecule has 0 bridgehead atoms. The van der Waals surface area contributed by atoms with Crippen molar-refractivity contribution in [1.29, 1.82) is 1.43 Å². The molecule has 2 unspecified atom stereocenters. The predicted molar refractivity (Wildman–Crippen MR) is 50.4 cm³/mol. The number of rotatable bonds is 3. The highest BCUT2D eigenvalue weighted by Gasteiger charge is 2.11. The van der Waals surface area contributed by atoms with E-state index in [0.29, 0.717) is 0 Å². The highest BCUT2D eigenvalue weighted by molar-refractivity contribution is 5.68. The van der Waals surface area contributed by atoms with E-state index in [0.717, 1.165) is 0 Å². The van der Waals surface area contributed by atoms with Crippen LogP contribution in [0.1, 0.15) is 30.3 Å². The molecule has 0 aliphatic rings. The lowest BCUT2D eigenvalue weighted by atomic mass is 9.97. The molecule has 1 aromatic carbocycles. The Labute approximate surface area is 88.5 Å². The third kappa shape index (κ3) is 2.39. The Bertz CT molecular complexity index is 490. The molecule has 0 aliphatic heterocycles. The van der Waals surface area contributed by atoms with E-state index in [4.69, 9.17) is 6.91 Å². The van der Waals surface area contributed by atoms with Gasteiger partial charge >= 0.3 is 5.97 Å². The van der Waals surface area contributed by atoms with E-state index in [1.807, 2.05) is 0 Å². The Morgan fingerprint density at radius 2 is 2.36 bits per heavy atom. The van der Waals surface area contributed by atoms with E-state index in [1.165, 1.54) is 6.92 Å². The van der Waals surface area contributed by atoms with Crippen LogP contribution in [-0.2, 0) is 4.79 Å². The van der Waals surface area contributed by atoms with Gasteiger partial charge in [0.25, 0.3) is 1.43 Å². The molecular formula is C10H12O4. The van der Waals surface area contributed by atoms with Gasteiger partial charge in [0.05, 0.1) is 10.5 Å². The van der Waals surface area contributed by atoms with E-state index < -0.39 is 47.9 Å². The number of hydrogen-bond donors (Lipinski definition) is 3. The highest BCUT2D eigenvalue weighted by Crippen LogP contribution is 2.29. The summed E-state index contributed by atoms with van der Waals surface area (Å²) in [4.78, 5) is 11.1. The molecule has 0 heterocycles. The van der Waals surface area contributed by atoms with Crippen molar-refractivity contribution in [2.45, 2.75) is 19.2 Å². The largest absolute Gasteiger partial charge is 0.504 e. The minimum atomic E-state index is -1.57. The molecule has 0 saturated carbocycles. The molecular weight excluding hydrogens is 184 g/mol. The smallest absolute Gasteiger partial charge is 0.303 e. The van der Waals surface area contributed by atoms with Crippen molar-refractivity contribution < 1.29 is 25.6 Å². The average molecular weight is 201 g/mol. The van der Waals surface area contributed by atoms with Crippen LogP contribution in [0.5, 0.6) is 11.5 Å². The standard InChI is InChI=1S/C10H12O4/c1-6(4-10(13)14)7-2-3-8(11)9(12)5-7/h2-3,5-6,11-12H,4H2,1H3,(H,13,14)/i2D,3D,4D,5D/hD. The first-order valence-electron chi connectivity index (χ1n) is 6.33. The Morgan fingerprint density at radius 3 is 3.00 bits per heavy atom. The lowest BCUT2D eigenvalue weighted by Crippen LogP contribution is -2.02. The lowest BCUT2D eigenvalue weighted by Gasteiger charge is -2.09. The average Bonchev–Trinajstić information content (AvgIpc) is 2.41. The second-order valence-electron chi connectivity index (χ2n) is 2.76. The number of phenolic OH excluding ortho intramolecular Hbond substituents is 2. The number of aliphatic carboxylic acids is 1. The van der Waals surface area contributed by atoms with Crippen molar-refractivity contribution in [2.75, 3.05) is 0 Å². The molecule has 0 amide bonds. The van der Waals surface area contributed by atoms with Crippen molar-refractivity contribution in [1.82, 2.24) is 0 Å². The summed E-state index contributed by atoms with van der Waals surface area (Å²) in [6, 6.07) is -1.87. The van der Waals surface area contributed by atoms with Crippen LogP contribution in [0.25, 0.3) is 1.43 Å². The minimum Gasteiger partial charge on any atom is -0.504 e. The zero-order chi connectivity index (χ0) is 14.9. The summed E-state index contributed by atoms with van der Waals surface area (Å²) < 4.78 is 36.6. The van der Waals surface area contributed by atoms with Crippen molar-refractivity contribution >= 4 is 5.97 Å². The maximum absolute atomic E-state index is 11.1. The van der Waals surface area contributed by atoms with E-state index in [-0.39, 0.29) is 5.56 Å². The molecule has 3 N–H and O–H groups in total. The molecule has 4 nitrogen and oxygen atoms in total. The highest BCUT2D eigenvalue weighted by atomic mass is 16.4. The quantitative estimate of drug-likeness (QED) is 0.650. The number of aromatic hydroxyl groups is 2. The first-order chi connectivity index (χ1) is 8.73. The molecule has 14 heavy (non-hydrogen) atoms. The van der Waals surface area contributed by atoms with E-state index in [9.17, 15) is 15.0 Å². The maximum Gasteiger partial charge on any atom is 0.303 e. The molecule has 1 aromatic rings. The van der Waals surface area contributed by atoms with Gasteiger partial charge in [0.1, 0.15) is 0 Å². The zero-order valence-corrected chi connectivity index (χ0v) is 7.37. The number of benzene rings is 1. The van der Waals surface area contributed by atoms with Crippen LogP contribution in [0.15, 0.2) is 18.1 Å². The Kier molecular flexibility index (Phi) is 1.50. The fourth-order valence-electron chi connectivity index (χ4n) is 0.919. The van der Waals surface area contributed by atoms with Gasteiger partial charge in [0.15, 0.2) is 11.5 Å². The van der Waals surface area contributed by atoms with Crippen molar-refractivity contribution in [3.8, 4) is 11.5 Å². The van der Waals surface area contributed by atoms with Crippen LogP contribution in [0.2, 0.25) is 0 Å². The van der Waals surface area contributed by atoms with Crippen LogP contribution >= 0.6 is 0 Å². The van der Waals surface area contributed by atoms with Crippen LogP contribution in [0.3, 0.4) is 0 Å².